The minimum atomic E-state index is 0.190. The van der Waals surface area contributed by atoms with E-state index in [1.807, 2.05) is 30.1 Å². The molecule has 92 valence electrons. The molecule has 0 aromatic heterocycles. The average molecular weight is 232 g/mol. The molecule has 1 amide bonds. The topological polar surface area (TPSA) is 32.3 Å². The predicted molar refractivity (Wildman–Crippen MR) is 68.7 cm³/mol. The highest BCUT2D eigenvalue weighted by Crippen LogP contribution is 2.25. The second-order valence-electron chi connectivity index (χ2n) is 4.75. The average Bonchev–Trinajstić information content (AvgIpc) is 3.20. The van der Waals surface area contributed by atoms with Crippen molar-refractivity contribution in [2.24, 2.45) is 0 Å². The largest absolute Gasteiger partial charge is 0.342 e. The lowest BCUT2D eigenvalue weighted by Crippen LogP contribution is -2.37. The highest BCUT2D eigenvalue weighted by molar-refractivity contribution is 5.78. The molecule has 1 aromatic carbocycles. The predicted octanol–water partition coefficient (Wildman–Crippen LogP) is 1.96. The number of carbonyl (C=O) groups excluding carboxylic acids is 1. The Morgan fingerprint density at radius 3 is 2.65 bits per heavy atom. The first kappa shape index (κ1) is 12.1. The number of amides is 1. The molecule has 3 nitrogen and oxygen atoms in total. The summed E-state index contributed by atoms with van der Waals surface area (Å²) < 4.78 is 0. The Morgan fingerprint density at radius 2 is 2.06 bits per heavy atom. The van der Waals surface area contributed by atoms with Crippen LogP contribution in [0, 0.1) is 0 Å². The fourth-order valence-electron chi connectivity index (χ4n) is 1.89. The standard InChI is InChI=1S/C14H20N2O/c1-11(12-6-4-3-5-7-12)15-10-14(17)16(2)13-8-9-13/h3-7,11,13,15H,8-10H2,1-2H3. The summed E-state index contributed by atoms with van der Waals surface area (Å²) in [6.07, 6.45) is 2.33. The number of nitrogens with zero attached hydrogens (tertiary/aromatic N) is 1. The van der Waals surface area contributed by atoms with Crippen LogP contribution in [0.5, 0.6) is 0 Å². The summed E-state index contributed by atoms with van der Waals surface area (Å²) in [6.45, 7) is 2.50. The molecule has 1 aliphatic carbocycles. The molecular formula is C14H20N2O. The summed E-state index contributed by atoms with van der Waals surface area (Å²) in [5, 5.41) is 3.27. The van der Waals surface area contributed by atoms with Crippen LogP contribution in [0.4, 0.5) is 0 Å². The Labute approximate surface area is 103 Å². The second kappa shape index (κ2) is 5.32. The van der Waals surface area contributed by atoms with Crippen molar-refractivity contribution >= 4 is 5.91 Å². The van der Waals surface area contributed by atoms with Gasteiger partial charge in [-0.1, -0.05) is 30.3 Å². The van der Waals surface area contributed by atoms with E-state index >= 15 is 0 Å². The van der Waals surface area contributed by atoms with Crippen molar-refractivity contribution in [1.82, 2.24) is 10.2 Å². The first-order valence-corrected chi connectivity index (χ1v) is 6.22. The fraction of sp³-hybridized carbons (Fsp3) is 0.500. The first-order chi connectivity index (χ1) is 8.18. The van der Waals surface area contributed by atoms with Gasteiger partial charge in [-0.25, -0.2) is 0 Å². The molecule has 1 saturated carbocycles. The summed E-state index contributed by atoms with van der Waals surface area (Å²) in [5.74, 6) is 0.190. The lowest BCUT2D eigenvalue weighted by atomic mass is 10.1. The normalized spacial score (nSPS) is 16.6. The van der Waals surface area contributed by atoms with Gasteiger partial charge in [-0.2, -0.15) is 0 Å². The van der Waals surface area contributed by atoms with Gasteiger partial charge in [0.05, 0.1) is 6.54 Å². The van der Waals surface area contributed by atoms with Crippen LogP contribution in [0.2, 0.25) is 0 Å². The van der Waals surface area contributed by atoms with Crippen LogP contribution >= 0.6 is 0 Å². The molecule has 0 bridgehead atoms. The minimum absolute atomic E-state index is 0.190. The van der Waals surface area contributed by atoms with E-state index < -0.39 is 0 Å². The van der Waals surface area contributed by atoms with Gasteiger partial charge < -0.3 is 10.2 Å². The molecule has 0 saturated heterocycles. The Kier molecular flexibility index (Phi) is 3.79. The molecule has 1 unspecified atom stereocenters. The van der Waals surface area contributed by atoms with Gasteiger partial charge in [-0.15, -0.1) is 0 Å². The summed E-state index contributed by atoms with van der Waals surface area (Å²) in [4.78, 5) is 13.7. The first-order valence-electron chi connectivity index (χ1n) is 6.22. The van der Waals surface area contributed by atoms with Crippen molar-refractivity contribution < 1.29 is 4.79 Å². The lowest BCUT2D eigenvalue weighted by Gasteiger charge is -2.19. The third-order valence-corrected chi connectivity index (χ3v) is 3.35. The van der Waals surface area contributed by atoms with Gasteiger partial charge in [0.1, 0.15) is 0 Å². The van der Waals surface area contributed by atoms with Gasteiger partial charge in [0.25, 0.3) is 0 Å². The smallest absolute Gasteiger partial charge is 0.236 e. The molecule has 0 heterocycles. The molecule has 0 spiro atoms. The van der Waals surface area contributed by atoms with Gasteiger partial charge in [0.2, 0.25) is 5.91 Å². The second-order valence-corrected chi connectivity index (χ2v) is 4.75. The lowest BCUT2D eigenvalue weighted by molar-refractivity contribution is -0.129. The van der Waals surface area contributed by atoms with E-state index in [9.17, 15) is 4.79 Å². The summed E-state index contributed by atoms with van der Waals surface area (Å²) in [7, 11) is 1.90. The highest BCUT2D eigenvalue weighted by atomic mass is 16.2. The van der Waals surface area contributed by atoms with Crippen LogP contribution in [-0.2, 0) is 4.79 Å². The van der Waals surface area contributed by atoms with E-state index in [2.05, 4.69) is 24.4 Å². The molecule has 2 rings (SSSR count). The zero-order valence-corrected chi connectivity index (χ0v) is 10.5. The quantitative estimate of drug-likeness (QED) is 0.841. The summed E-state index contributed by atoms with van der Waals surface area (Å²) in [5.41, 5.74) is 1.22. The van der Waals surface area contributed by atoms with E-state index in [0.29, 0.717) is 12.6 Å². The highest BCUT2D eigenvalue weighted by Gasteiger charge is 2.29. The van der Waals surface area contributed by atoms with Crippen LogP contribution in [0.3, 0.4) is 0 Å². The number of nitrogens with one attached hydrogen (secondary N) is 1. The van der Waals surface area contributed by atoms with Crippen molar-refractivity contribution in [2.75, 3.05) is 13.6 Å². The van der Waals surface area contributed by atoms with Crippen molar-refractivity contribution in [1.29, 1.82) is 0 Å². The van der Waals surface area contributed by atoms with E-state index in [4.69, 9.17) is 0 Å². The summed E-state index contributed by atoms with van der Waals surface area (Å²) in [6, 6.07) is 10.9. The van der Waals surface area contributed by atoms with Crippen LogP contribution in [0.15, 0.2) is 30.3 Å². The number of benzene rings is 1. The molecule has 1 aliphatic rings. The van der Waals surface area contributed by atoms with Crippen molar-refractivity contribution in [3.05, 3.63) is 35.9 Å². The van der Waals surface area contributed by atoms with Crippen molar-refractivity contribution in [2.45, 2.75) is 31.8 Å². The summed E-state index contributed by atoms with van der Waals surface area (Å²) >= 11 is 0. The molecule has 1 fully saturated rings. The molecule has 0 aliphatic heterocycles. The maximum atomic E-state index is 11.8. The van der Waals surface area contributed by atoms with E-state index in [0.717, 1.165) is 12.8 Å². The molecule has 3 heteroatoms. The molecular weight excluding hydrogens is 212 g/mol. The van der Waals surface area contributed by atoms with Crippen LogP contribution in [-0.4, -0.2) is 30.4 Å². The van der Waals surface area contributed by atoms with Gasteiger partial charge in [-0.3, -0.25) is 4.79 Å². The van der Waals surface area contributed by atoms with Crippen molar-refractivity contribution in [3.63, 3.8) is 0 Å². The maximum absolute atomic E-state index is 11.8. The van der Waals surface area contributed by atoms with Gasteiger partial charge in [0, 0.05) is 19.1 Å². The molecule has 1 N–H and O–H groups in total. The van der Waals surface area contributed by atoms with Gasteiger partial charge >= 0.3 is 0 Å². The number of likely N-dealkylation sites (N-methyl/N-ethyl adjacent to an activating group) is 1. The monoisotopic (exact) mass is 232 g/mol. The Balaban J connectivity index is 1.79. The number of carbonyl (C=O) groups is 1. The number of hydrogen-bond acceptors (Lipinski definition) is 2. The van der Waals surface area contributed by atoms with E-state index in [1.165, 1.54) is 5.56 Å². The van der Waals surface area contributed by atoms with E-state index in [-0.39, 0.29) is 11.9 Å². The Bertz CT molecular complexity index is 373. The minimum Gasteiger partial charge on any atom is -0.342 e. The molecule has 1 aromatic rings. The molecule has 0 radical (unpaired) electrons. The molecule has 17 heavy (non-hydrogen) atoms. The zero-order valence-electron chi connectivity index (χ0n) is 10.5. The van der Waals surface area contributed by atoms with E-state index in [1.54, 1.807) is 0 Å². The maximum Gasteiger partial charge on any atom is 0.236 e. The third-order valence-electron chi connectivity index (χ3n) is 3.35. The Hall–Kier alpha value is -1.35. The Morgan fingerprint density at radius 1 is 1.41 bits per heavy atom. The number of hydrogen-bond donors (Lipinski definition) is 1. The number of rotatable bonds is 5. The zero-order chi connectivity index (χ0) is 12.3. The molecule has 1 atom stereocenters. The van der Waals surface area contributed by atoms with Crippen LogP contribution in [0.1, 0.15) is 31.4 Å². The SMILES string of the molecule is CC(NCC(=O)N(C)C1CC1)c1ccccc1. The third kappa shape index (κ3) is 3.30. The van der Waals surface area contributed by atoms with Crippen molar-refractivity contribution in [3.8, 4) is 0 Å². The van der Waals surface area contributed by atoms with Crippen LogP contribution in [0.25, 0.3) is 0 Å². The van der Waals surface area contributed by atoms with Crippen LogP contribution < -0.4 is 5.32 Å². The van der Waals surface area contributed by atoms with Gasteiger partial charge in [-0.05, 0) is 25.3 Å². The van der Waals surface area contributed by atoms with Gasteiger partial charge in [0.15, 0.2) is 0 Å². The fourth-order valence-corrected chi connectivity index (χ4v) is 1.89.